The van der Waals surface area contributed by atoms with Gasteiger partial charge in [0, 0.05) is 31.9 Å². The Morgan fingerprint density at radius 2 is 2.19 bits per heavy atom. The van der Waals surface area contributed by atoms with Gasteiger partial charge in [-0.3, -0.25) is 9.88 Å². The highest BCUT2D eigenvalue weighted by Crippen LogP contribution is 2.12. The largest absolute Gasteiger partial charge is 0.314 e. The Labute approximate surface area is 97.9 Å². The lowest BCUT2D eigenvalue weighted by Crippen LogP contribution is -2.42. The van der Waals surface area contributed by atoms with Gasteiger partial charge in [-0.25, -0.2) is 0 Å². The summed E-state index contributed by atoms with van der Waals surface area (Å²) in [6.45, 7) is 6.65. The minimum Gasteiger partial charge on any atom is -0.314 e. The minimum atomic E-state index is 0.727. The maximum Gasteiger partial charge on any atom is 0.0543 e. The van der Waals surface area contributed by atoms with Crippen molar-refractivity contribution in [3.63, 3.8) is 0 Å². The van der Waals surface area contributed by atoms with Crippen molar-refractivity contribution in [3.05, 3.63) is 30.1 Å². The molecular formula is C13H21N3. The van der Waals surface area contributed by atoms with E-state index in [0.29, 0.717) is 0 Å². The van der Waals surface area contributed by atoms with Crippen molar-refractivity contribution in [2.75, 3.05) is 19.6 Å². The van der Waals surface area contributed by atoms with Crippen LogP contribution in [0.1, 0.15) is 25.5 Å². The molecule has 0 aromatic carbocycles. The molecule has 0 atom stereocenters. The fourth-order valence-corrected chi connectivity index (χ4v) is 2.30. The number of aromatic nitrogens is 1. The van der Waals surface area contributed by atoms with Crippen LogP contribution in [0.25, 0.3) is 0 Å². The Balaban J connectivity index is 1.77. The molecule has 1 N–H and O–H groups in total. The quantitative estimate of drug-likeness (QED) is 0.834. The lowest BCUT2D eigenvalue weighted by atomic mass is 10.0. The van der Waals surface area contributed by atoms with Gasteiger partial charge < -0.3 is 5.32 Å². The molecule has 3 nitrogen and oxygen atoms in total. The molecule has 0 unspecified atom stereocenters. The molecular weight excluding hydrogens is 198 g/mol. The standard InChI is InChI=1S/C13H21N3/c1-2-14-12-6-9-16(10-7-12)11-13-5-3-4-8-15-13/h3-5,8,12,14H,2,6-7,9-11H2,1H3. The highest BCUT2D eigenvalue weighted by molar-refractivity contribution is 5.03. The molecule has 1 aliphatic rings. The SMILES string of the molecule is CCNC1CCN(Cc2ccccn2)CC1. The number of pyridine rings is 1. The fraction of sp³-hybridized carbons (Fsp3) is 0.615. The first-order valence-corrected chi connectivity index (χ1v) is 6.24. The summed E-state index contributed by atoms with van der Waals surface area (Å²) in [5.41, 5.74) is 1.18. The van der Waals surface area contributed by atoms with Crippen molar-refractivity contribution in [3.8, 4) is 0 Å². The van der Waals surface area contributed by atoms with E-state index in [1.807, 2.05) is 12.3 Å². The highest BCUT2D eigenvalue weighted by atomic mass is 15.1. The lowest BCUT2D eigenvalue weighted by molar-refractivity contribution is 0.190. The van der Waals surface area contributed by atoms with E-state index in [9.17, 15) is 0 Å². The van der Waals surface area contributed by atoms with Crippen molar-refractivity contribution in [1.29, 1.82) is 0 Å². The van der Waals surface area contributed by atoms with Gasteiger partial charge in [0.25, 0.3) is 0 Å². The van der Waals surface area contributed by atoms with Crippen LogP contribution in [0.4, 0.5) is 0 Å². The molecule has 2 rings (SSSR count). The van der Waals surface area contributed by atoms with Gasteiger partial charge in [0.1, 0.15) is 0 Å². The first kappa shape index (κ1) is 11.6. The van der Waals surface area contributed by atoms with Gasteiger partial charge in [-0.1, -0.05) is 13.0 Å². The number of likely N-dealkylation sites (tertiary alicyclic amines) is 1. The van der Waals surface area contributed by atoms with Gasteiger partial charge in [-0.2, -0.15) is 0 Å². The second-order valence-corrected chi connectivity index (χ2v) is 4.43. The van der Waals surface area contributed by atoms with Crippen molar-refractivity contribution in [2.24, 2.45) is 0 Å². The number of rotatable bonds is 4. The van der Waals surface area contributed by atoms with E-state index in [-0.39, 0.29) is 0 Å². The summed E-state index contributed by atoms with van der Waals surface area (Å²) in [6, 6.07) is 6.87. The van der Waals surface area contributed by atoms with Crippen LogP contribution < -0.4 is 5.32 Å². The molecule has 3 heteroatoms. The fourth-order valence-electron chi connectivity index (χ4n) is 2.30. The zero-order valence-corrected chi connectivity index (χ0v) is 10.0. The van der Waals surface area contributed by atoms with Crippen molar-refractivity contribution in [1.82, 2.24) is 15.2 Å². The number of hydrogen-bond donors (Lipinski definition) is 1. The molecule has 0 spiro atoms. The first-order chi connectivity index (χ1) is 7.88. The van der Waals surface area contributed by atoms with Gasteiger partial charge in [0.2, 0.25) is 0 Å². The van der Waals surface area contributed by atoms with Crippen LogP contribution in [0, 0.1) is 0 Å². The molecule has 1 aromatic rings. The Hall–Kier alpha value is -0.930. The predicted octanol–water partition coefficient (Wildman–Crippen LogP) is 1.66. The summed E-state index contributed by atoms with van der Waals surface area (Å²) >= 11 is 0. The lowest BCUT2D eigenvalue weighted by Gasteiger charge is -2.31. The molecule has 16 heavy (non-hydrogen) atoms. The van der Waals surface area contributed by atoms with Gasteiger partial charge >= 0.3 is 0 Å². The molecule has 0 aliphatic carbocycles. The topological polar surface area (TPSA) is 28.2 Å². The molecule has 0 bridgehead atoms. The van der Waals surface area contributed by atoms with E-state index in [0.717, 1.165) is 19.1 Å². The van der Waals surface area contributed by atoms with Crippen LogP contribution in [0.2, 0.25) is 0 Å². The van der Waals surface area contributed by atoms with Gasteiger partial charge in [-0.05, 0) is 31.5 Å². The van der Waals surface area contributed by atoms with Crippen LogP contribution in [0.3, 0.4) is 0 Å². The number of nitrogens with one attached hydrogen (secondary N) is 1. The summed E-state index contributed by atoms with van der Waals surface area (Å²) in [7, 11) is 0. The average Bonchev–Trinajstić information content (AvgIpc) is 2.33. The van der Waals surface area contributed by atoms with E-state index in [2.05, 4.69) is 34.3 Å². The summed E-state index contributed by atoms with van der Waals surface area (Å²) < 4.78 is 0. The van der Waals surface area contributed by atoms with E-state index < -0.39 is 0 Å². The van der Waals surface area contributed by atoms with Crippen LogP contribution >= 0.6 is 0 Å². The predicted molar refractivity (Wildman–Crippen MR) is 66.2 cm³/mol. The maximum atomic E-state index is 4.37. The number of nitrogens with zero attached hydrogens (tertiary/aromatic N) is 2. The molecule has 1 aromatic heterocycles. The van der Waals surface area contributed by atoms with E-state index in [4.69, 9.17) is 0 Å². The molecule has 1 aliphatic heterocycles. The summed E-state index contributed by atoms with van der Waals surface area (Å²) in [5.74, 6) is 0. The molecule has 0 amide bonds. The Morgan fingerprint density at radius 1 is 1.38 bits per heavy atom. The van der Waals surface area contributed by atoms with Crippen LogP contribution in [0.15, 0.2) is 24.4 Å². The van der Waals surface area contributed by atoms with Gasteiger partial charge in [-0.15, -0.1) is 0 Å². The van der Waals surface area contributed by atoms with E-state index in [1.165, 1.54) is 31.6 Å². The second kappa shape index (κ2) is 5.97. The number of hydrogen-bond acceptors (Lipinski definition) is 3. The Kier molecular flexibility index (Phi) is 4.31. The van der Waals surface area contributed by atoms with E-state index >= 15 is 0 Å². The molecule has 88 valence electrons. The maximum absolute atomic E-state index is 4.37. The van der Waals surface area contributed by atoms with Crippen LogP contribution in [-0.2, 0) is 6.54 Å². The Bertz CT molecular complexity index is 291. The van der Waals surface area contributed by atoms with Gasteiger partial charge in [0.05, 0.1) is 5.69 Å². The smallest absolute Gasteiger partial charge is 0.0543 e. The third kappa shape index (κ3) is 3.29. The van der Waals surface area contributed by atoms with E-state index in [1.54, 1.807) is 0 Å². The van der Waals surface area contributed by atoms with Crippen LogP contribution in [-0.4, -0.2) is 35.6 Å². The summed E-state index contributed by atoms with van der Waals surface area (Å²) in [5, 5.41) is 3.53. The first-order valence-electron chi connectivity index (χ1n) is 6.24. The van der Waals surface area contributed by atoms with Crippen LogP contribution in [0.5, 0.6) is 0 Å². The van der Waals surface area contributed by atoms with Crippen molar-refractivity contribution < 1.29 is 0 Å². The highest BCUT2D eigenvalue weighted by Gasteiger charge is 2.18. The Morgan fingerprint density at radius 3 is 2.81 bits per heavy atom. The molecule has 0 radical (unpaired) electrons. The molecule has 2 heterocycles. The second-order valence-electron chi connectivity index (χ2n) is 4.43. The van der Waals surface area contributed by atoms with Crippen molar-refractivity contribution >= 4 is 0 Å². The van der Waals surface area contributed by atoms with Gasteiger partial charge in [0.15, 0.2) is 0 Å². The molecule has 1 saturated heterocycles. The molecule has 0 saturated carbocycles. The third-order valence-electron chi connectivity index (χ3n) is 3.19. The summed E-state index contributed by atoms with van der Waals surface area (Å²) in [4.78, 5) is 6.87. The normalized spacial score (nSPS) is 18.8. The zero-order chi connectivity index (χ0) is 11.2. The zero-order valence-electron chi connectivity index (χ0n) is 10.0. The molecule has 1 fully saturated rings. The summed E-state index contributed by atoms with van der Waals surface area (Å²) in [6.07, 6.45) is 4.40. The van der Waals surface area contributed by atoms with Crippen molar-refractivity contribution in [2.45, 2.75) is 32.4 Å². The monoisotopic (exact) mass is 219 g/mol. The third-order valence-corrected chi connectivity index (χ3v) is 3.19. The minimum absolute atomic E-state index is 0.727. The number of piperidine rings is 1. The average molecular weight is 219 g/mol.